The average molecular weight is 313 g/mol. The first-order chi connectivity index (χ1) is 11.1. The van der Waals surface area contributed by atoms with Crippen molar-refractivity contribution in [3.8, 4) is 0 Å². The van der Waals surface area contributed by atoms with Crippen molar-refractivity contribution in [3.63, 3.8) is 0 Å². The van der Waals surface area contributed by atoms with Gasteiger partial charge in [0.05, 0.1) is 6.61 Å². The zero-order chi connectivity index (χ0) is 16.4. The Morgan fingerprint density at radius 1 is 1.35 bits per heavy atom. The molecule has 0 amide bonds. The summed E-state index contributed by atoms with van der Waals surface area (Å²) in [4.78, 5) is 4.69. The molecule has 6 nitrogen and oxygen atoms in total. The molecule has 122 valence electrons. The summed E-state index contributed by atoms with van der Waals surface area (Å²) in [7, 11) is 1.71. The lowest BCUT2D eigenvalue weighted by molar-refractivity contribution is 0.169. The highest BCUT2D eigenvalue weighted by molar-refractivity contribution is 6.02. The number of amidine groups is 1. The van der Waals surface area contributed by atoms with E-state index in [0.29, 0.717) is 18.5 Å². The lowest BCUT2D eigenvalue weighted by Gasteiger charge is -2.34. The summed E-state index contributed by atoms with van der Waals surface area (Å²) >= 11 is 0. The van der Waals surface area contributed by atoms with Gasteiger partial charge in [0.2, 0.25) is 0 Å². The van der Waals surface area contributed by atoms with E-state index in [1.54, 1.807) is 7.11 Å². The number of rotatable bonds is 4. The molecule has 23 heavy (non-hydrogen) atoms. The minimum atomic E-state index is 0.368. The number of nitrogens with zero attached hydrogens (tertiary/aromatic N) is 3. The number of H-pyrrole nitrogens is 1. The molecule has 3 rings (SSSR count). The van der Waals surface area contributed by atoms with Gasteiger partial charge in [0.25, 0.3) is 0 Å². The van der Waals surface area contributed by atoms with Crippen molar-refractivity contribution < 1.29 is 4.74 Å². The molecule has 2 heterocycles. The number of fused-ring (bicyclic) bond motifs is 1. The number of aryl methyl sites for hydroxylation is 1. The van der Waals surface area contributed by atoms with Crippen LogP contribution in [0.1, 0.15) is 36.2 Å². The number of hydrogen-bond donors (Lipinski definition) is 2. The smallest absolute Gasteiger partial charge is 0.175 e. The number of hydrogen-bond acceptors (Lipinski definition) is 4. The lowest BCUT2D eigenvalue weighted by atomic mass is 10.0. The highest BCUT2D eigenvalue weighted by Gasteiger charge is 2.23. The molecule has 1 aromatic heterocycles. The topological polar surface area (TPSA) is 65.5 Å². The van der Waals surface area contributed by atoms with Crippen LogP contribution in [0.5, 0.6) is 0 Å². The van der Waals surface area contributed by atoms with E-state index in [1.165, 1.54) is 5.56 Å². The standard InChI is InChI=1S/C17H23N5O/c1-11(2)22-9-14-6-5-13(10-23-4)8-15(14)17(21-22)18-16-7-12(3)19-20-16/h5-8,11H,9-10H2,1-4H3,(H2,18,19,20,21). The lowest BCUT2D eigenvalue weighted by Crippen LogP contribution is -2.49. The van der Waals surface area contributed by atoms with Gasteiger partial charge in [0.1, 0.15) is 0 Å². The molecule has 0 unspecified atom stereocenters. The number of nitrogens with one attached hydrogen (secondary N) is 2. The Labute approximate surface area is 136 Å². The van der Waals surface area contributed by atoms with E-state index in [4.69, 9.17) is 9.73 Å². The summed E-state index contributed by atoms with van der Waals surface area (Å²) in [6.45, 7) is 7.73. The normalized spacial score (nSPS) is 16.7. The molecule has 0 aliphatic carbocycles. The monoisotopic (exact) mass is 313 g/mol. The third-order valence-electron chi connectivity index (χ3n) is 3.87. The van der Waals surface area contributed by atoms with Crippen LogP contribution in [0.15, 0.2) is 29.3 Å². The molecule has 1 aromatic carbocycles. The van der Waals surface area contributed by atoms with Crippen LogP contribution in [-0.4, -0.2) is 34.2 Å². The Bertz CT molecular complexity index is 720. The first kappa shape index (κ1) is 15.7. The van der Waals surface area contributed by atoms with Crippen LogP contribution in [0.4, 0.5) is 5.82 Å². The summed E-state index contributed by atoms with van der Waals surface area (Å²) in [5, 5.41) is 9.32. The highest BCUT2D eigenvalue weighted by Crippen LogP contribution is 2.22. The fourth-order valence-corrected chi connectivity index (χ4v) is 2.63. The van der Waals surface area contributed by atoms with E-state index in [-0.39, 0.29) is 0 Å². The minimum Gasteiger partial charge on any atom is -0.380 e. The molecule has 1 aliphatic heterocycles. The maximum atomic E-state index is 5.25. The van der Waals surface area contributed by atoms with Crippen molar-refractivity contribution in [1.29, 1.82) is 0 Å². The van der Waals surface area contributed by atoms with Crippen molar-refractivity contribution in [2.45, 2.75) is 40.0 Å². The highest BCUT2D eigenvalue weighted by atomic mass is 16.5. The maximum absolute atomic E-state index is 5.25. The Hall–Kier alpha value is -2.18. The predicted octanol–water partition coefficient (Wildman–Crippen LogP) is 2.67. The molecule has 0 radical (unpaired) electrons. The molecule has 2 aromatic rings. The van der Waals surface area contributed by atoms with Gasteiger partial charge in [-0.25, -0.2) is 10.0 Å². The summed E-state index contributed by atoms with van der Waals surface area (Å²) < 4.78 is 5.25. The second-order valence-corrected chi connectivity index (χ2v) is 6.13. The molecule has 0 spiro atoms. The molecule has 0 saturated carbocycles. The maximum Gasteiger partial charge on any atom is 0.175 e. The zero-order valence-corrected chi connectivity index (χ0v) is 14.1. The second kappa shape index (κ2) is 6.52. The number of aromatic amines is 1. The summed E-state index contributed by atoms with van der Waals surface area (Å²) in [6, 6.07) is 8.71. The van der Waals surface area contributed by atoms with E-state index in [0.717, 1.165) is 29.2 Å². The van der Waals surface area contributed by atoms with Crippen LogP contribution in [0, 0.1) is 6.92 Å². The van der Waals surface area contributed by atoms with E-state index in [1.807, 2.05) is 13.0 Å². The molecular weight excluding hydrogens is 290 g/mol. The van der Waals surface area contributed by atoms with Gasteiger partial charge < -0.3 is 10.2 Å². The average Bonchev–Trinajstić information content (AvgIpc) is 2.93. The summed E-state index contributed by atoms with van der Waals surface area (Å²) in [5.41, 5.74) is 7.92. The number of aromatic nitrogens is 2. The fourth-order valence-electron chi connectivity index (χ4n) is 2.63. The summed E-state index contributed by atoms with van der Waals surface area (Å²) in [5.74, 6) is 1.50. The SMILES string of the molecule is COCc1ccc2c(c1)C(=Nc1cc(C)[nH]n1)NN(C(C)C)C2. The number of hydrazine groups is 1. The molecular formula is C17H23N5O. The number of benzene rings is 1. The van der Waals surface area contributed by atoms with Crippen molar-refractivity contribution in [3.05, 3.63) is 46.6 Å². The van der Waals surface area contributed by atoms with Crippen LogP contribution in [0.3, 0.4) is 0 Å². The van der Waals surface area contributed by atoms with Gasteiger partial charge in [-0.05, 0) is 38.0 Å². The number of ether oxygens (including phenoxy) is 1. The van der Waals surface area contributed by atoms with Gasteiger partial charge in [-0.2, -0.15) is 5.10 Å². The van der Waals surface area contributed by atoms with E-state index in [2.05, 4.69) is 52.7 Å². The molecule has 1 aliphatic rings. The molecule has 0 saturated heterocycles. The molecule has 2 N–H and O–H groups in total. The van der Waals surface area contributed by atoms with Crippen molar-refractivity contribution in [2.24, 2.45) is 4.99 Å². The van der Waals surface area contributed by atoms with Gasteiger partial charge >= 0.3 is 0 Å². The predicted molar refractivity (Wildman–Crippen MR) is 90.5 cm³/mol. The van der Waals surface area contributed by atoms with Crippen LogP contribution < -0.4 is 5.43 Å². The third kappa shape index (κ3) is 3.43. The minimum absolute atomic E-state index is 0.368. The van der Waals surface area contributed by atoms with Crippen LogP contribution in [0.25, 0.3) is 0 Å². The quantitative estimate of drug-likeness (QED) is 0.911. The molecule has 0 atom stereocenters. The Morgan fingerprint density at radius 2 is 2.17 bits per heavy atom. The van der Waals surface area contributed by atoms with Crippen molar-refractivity contribution in [2.75, 3.05) is 7.11 Å². The van der Waals surface area contributed by atoms with E-state index < -0.39 is 0 Å². The van der Waals surface area contributed by atoms with E-state index in [9.17, 15) is 0 Å². The largest absolute Gasteiger partial charge is 0.380 e. The van der Waals surface area contributed by atoms with Crippen LogP contribution in [0.2, 0.25) is 0 Å². The molecule has 6 heteroatoms. The zero-order valence-electron chi connectivity index (χ0n) is 14.1. The first-order valence-electron chi connectivity index (χ1n) is 7.82. The van der Waals surface area contributed by atoms with Crippen molar-refractivity contribution >= 4 is 11.7 Å². The van der Waals surface area contributed by atoms with Gasteiger partial charge in [-0.1, -0.05) is 12.1 Å². The molecule has 0 fully saturated rings. The van der Waals surface area contributed by atoms with Gasteiger partial charge in [-0.15, -0.1) is 0 Å². The van der Waals surface area contributed by atoms with Gasteiger partial charge in [-0.3, -0.25) is 5.10 Å². The van der Waals surface area contributed by atoms with Crippen LogP contribution >= 0.6 is 0 Å². The summed E-state index contributed by atoms with van der Waals surface area (Å²) in [6.07, 6.45) is 0. The Morgan fingerprint density at radius 3 is 2.83 bits per heavy atom. The molecule has 0 bridgehead atoms. The van der Waals surface area contributed by atoms with Gasteiger partial charge in [0.15, 0.2) is 11.7 Å². The van der Waals surface area contributed by atoms with Gasteiger partial charge in [0, 0.05) is 37.0 Å². The first-order valence-corrected chi connectivity index (χ1v) is 7.82. The Balaban J connectivity index is 2.03. The van der Waals surface area contributed by atoms with Crippen molar-refractivity contribution in [1.82, 2.24) is 20.6 Å². The number of aliphatic imine (C=N–C) groups is 1. The number of methoxy groups -OCH3 is 1. The Kier molecular flexibility index (Phi) is 4.45. The van der Waals surface area contributed by atoms with E-state index >= 15 is 0 Å². The second-order valence-electron chi connectivity index (χ2n) is 6.13. The fraction of sp³-hybridized carbons (Fsp3) is 0.412. The third-order valence-corrected chi connectivity index (χ3v) is 3.87. The van der Waals surface area contributed by atoms with Crippen LogP contribution in [-0.2, 0) is 17.9 Å².